The number of para-hydroxylation sites is 2. The van der Waals surface area contributed by atoms with Crippen molar-refractivity contribution in [1.29, 1.82) is 0 Å². The van der Waals surface area contributed by atoms with E-state index < -0.39 is 18.5 Å². The van der Waals surface area contributed by atoms with E-state index in [2.05, 4.69) is 10.3 Å². The highest BCUT2D eigenvalue weighted by Crippen LogP contribution is 2.27. The number of methoxy groups -OCH3 is 2. The largest absolute Gasteiger partial charge is 0.497 e. The van der Waals surface area contributed by atoms with Crippen molar-refractivity contribution < 1.29 is 28.5 Å². The van der Waals surface area contributed by atoms with Crippen LogP contribution in [0.15, 0.2) is 53.9 Å². The summed E-state index contributed by atoms with van der Waals surface area (Å²) < 4.78 is 20.6. The van der Waals surface area contributed by atoms with Crippen LogP contribution in [0.1, 0.15) is 0 Å². The number of anilines is 1. The van der Waals surface area contributed by atoms with E-state index in [1.165, 1.54) is 18.4 Å². The molecule has 0 aliphatic rings. The molecule has 2 aromatic carbocycles. The van der Waals surface area contributed by atoms with Gasteiger partial charge in [0, 0.05) is 10.9 Å². The highest BCUT2D eigenvalue weighted by molar-refractivity contribution is 7.14. The predicted octanol–water partition coefficient (Wildman–Crippen LogP) is 3.39. The number of hydrogen-bond donors (Lipinski definition) is 1. The third-order valence-electron chi connectivity index (χ3n) is 3.92. The second-order valence-corrected chi connectivity index (χ2v) is 6.77. The number of thiazole rings is 1. The first-order chi connectivity index (χ1) is 14.6. The van der Waals surface area contributed by atoms with E-state index in [1.807, 2.05) is 29.6 Å². The molecule has 1 aromatic heterocycles. The summed E-state index contributed by atoms with van der Waals surface area (Å²) >= 11 is 1.28. The van der Waals surface area contributed by atoms with Crippen LogP contribution in [0.4, 0.5) is 5.13 Å². The zero-order valence-electron chi connectivity index (χ0n) is 16.4. The summed E-state index contributed by atoms with van der Waals surface area (Å²) in [4.78, 5) is 28.2. The van der Waals surface area contributed by atoms with Crippen LogP contribution in [0.5, 0.6) is 17.2 Å². The number of carbonyl (C=O) groups excluding carboxylic acids is 2. The van der Waals surface area contributed by atoms with Crippen LogP contribution in [0.3, 0.4) is 0 Å². The Balaban J connectivity index is 1.45. The van der Waals surface area contributed by atoms with Crippen molar-refractivity contribution in [3.05, 3.63) is 53.9 Å². The Bertz CT molecular complexity index is 1000. The van der Waals surface area contributed by atoms with Crippen molar-refractivity contribution in [2.24, 2.45) is 0 Å². The molecule has 0 unspecified atom stereocenters. The zero-order chi connectivity index (χ0) is 21.3. The average molecular weight is 428 g/mol. The van der Waals surface area contributed by atoms with Crippen LogP contribution < -0.4 is 19.5 Å². The molecule has 1 N–H and O–H groups in total. The molecule has 0 bridgehead atoms. The van der Waals surface area contributed by atoms with E-state index in [1.54, 1.807) is 31.4 Å². The summed E-state index contributed by atoms with van der Waals surface area (Å²) in [6.45, 7) is -0.780. The van der Waals surface area contributed by atoms with Crippen molar-refractivity contribution in [2.75, 3.05) is 32.8 Å². The standard InChI is InChI=1S/C21H20N2O6S/c1-26-15-9-7-14(8-10-15)16-13-30-21(22-16)23-19(24)11-29-20(25)12-28-18-6-4-3-5-17(18)27-2/h3-10,13H,11-12H2,1-2H3,(H,22,23,24). The molecule has 9 heteroatoms. The van der Waals surface area contributed by atoms with Gasteiger partial charge in [-0.1, -0.05) is 12.1 Å². The first-order valence-corrected chi connectivity index (χ1v) is 9.78. The summed E-state index contributed by atoms with van der Waals surface area (Å²) in [6.07, 6.45) is 0. The molecule has 3 aromatic rings. The minimum atomic E-state index is -0.672. The number of ether oxygens (including phenoxy) is 4. The van der Waals surface area contributed by atoms with Crippen LogP contribution in [-0.2, 0) is 14.3 Å². The van der Waals surface area contributed by atoms with Gasteiger partial charge in [-0.3, -0.25) is 10.1 Å². The van der Waals surface area contributed by atoms with Gasteiger partial charge in [0.2, 0.25) is 0 Å². The van der Waals surface area contributed by atoms with Crippen LogP contribution in [0.25, 0.3) is 11.3 Å². The van der Waals surface area contributed by atoms with E-state index >= 15 is 0 Å². The van der Waals surface area contributed by atoms with E-state index in [0.717, 1.165) is 17.0 Å². The number of hydrogen-bond acceptors (Lipinski definition) is 8. The lowest BCUT2D eigenvalue weighted by molar-refractivity contribution is -0.149. The van der Waals surface area contributed by atoms with Gasteiger partial charge < -0.3 is 18.9 Å². The Kier molecular flexibility index (Phi) is 7.23. The van der Waals surface area contributed by atoms with Crippen LogP contribution in [0.2, 0.25) is 0 Å². The quantitative estimate of drug-likeness (QED) is 0.522. The number of nitrogens with zero attached hydrogens (tertiary/aromatic N) is 1. The summed E-state index contributed by atoms with van der Waals surface area (Å²) in [5, 5.41) is 4.84. The fraction of sp³-hybridized carbons (Fsp3) is 0.190. The number of benzene rings is 2. The van der Waals surface area contributed by atoms with Crippen LogP contribution in [-0.4, -0.2) is 44.3 Å². The van der Waals surface area contributed by atoms with Gasteiger partial charge in [-0.25, -0.2) is 9.78 Å². The predicted molar refractivity (Wildman–Crippen MR) is 112 cm³/mol. The molecule has 0 saturated carbocycles. The molecular weight excluding hydrogens is 408 g/mol. The summed E-state index contributed by atoms with van der Waals surface area (Å²) in [5.41, 5.74) is 1.62. The topological polar surface area (TPSA) is 96.0 Å². The van der Waals surface area contributed by atoms with E-state index in [-0.39, 0.29) is 6.61 Å². The Morgan fingerprint density at radius 1 is 0.967 bits per heavy atom. The Morgan fingerprint density at radius 3 is 2.40 bits per heavy atom. The Morgan fingerprint density at radius 2 is 1.70 bits per heavy atom. The van der Waals surface area contributed by atoms with Crippen molar-refractivity contribution in [1.82, 2.24) is 4.98 Å². The van der Waals surface area contributed by atoms with Gasteiger partial charge in [-0.05, 0) is 36.4 Å². The fourth-order valence-corrected chi connectivity index (χ4v) is 3.18. The molecule has 1 amide bonds. The van der Waals surface area contributed by atoms with Crippen molar-refractivity contribution in [3.63, 3.8) is 0 Å². The molecule has 0 atom stereocenters. The first-order valence-electron chi connectivity index (χ1n) is 8.90. The molecule has 0 saturated heterocycles. The maximum atomic E-state index is 12.0. The van der Waals surface area contributed by atoms with Crippen molar-refractivity contribution in [2.45, 2.75) is 0 Å². The SMILES string of the molecule is COc1ccc(-c2csc(NC(=O)COC(=O)COc3ccccc3OC)n2)cc1. The molecule has 1 heterocycles. The van der Waals surface area contributed by atoms with Crippen LogP contribution in [0, 0.1) is 0 Å². The van der Waals surface area contributed by atoms with Gasteiger partial charge >= 0.3 is 5.97 Å². The van der Waals surface area contributed by atoms with Crippen molar-refractivity contribution >= 4 is 28.3 Å². The molecule has 0 fully saturated rings. The number of amides is 1. The number of esters is 1. The van der Waals surface area contributed by atoms with Gasteiger partial charge in [-0.15, -0.1) is 11.3 Å². The van der Waals surface area contributed by atoms with Crippen LogP contribution >= 0.6 is 11.3 Å². The number of aromatic nitrogens is 1. The molecule has 0 aliphatic heterocycles. The normalized spacial score (nSPS) is 10.2. The molecule has 0 spiro atoms. The number of nitrogens with one attached hydrogen (secondary N) is 1. The molecular formula is C21H20N2O6S. The molecule has 8 nitrogen and oxygen atoms in total. The van der Waals surface area contributed by atoms with Gasteiger partial charge in [0.25, 0.3) is 5.91 Å². The lowest BCUT2D eigenvalue weighted by Gasteiger charge is -2.10. The van der Waals surface area contributed by atoms with Gasteiger partial charge in [0.1, 0.15) is 5.75 Å². The summed E-state index contributed by atoms with van der Waals surface area (Å²) in [7, 11) is 3.10. The third kappa shape index (κ3) is 5.71. The molecule has 0 radical (unpaired) electrons. The Labute approximate surface area is 177 Å². The number of carbonyl (C=O) groups is 2. The Hall–Kier alpha value is -3.59. The molecule has 30 heavy (non-hydrogen) atoms. The van der Waals surface area contributed by atoms with Crippen molar-refractivity contribution in [3.8, 4) is 28.5 Å². The minimum Gasteiger partial charge on any atom is -0.497 e. The lowest BCUT2D eigenvalue weighted by atomic mass is 10.2. The molecule has 3 rings (SSSR count). The highest BCUT2D eigenvalue weighted by atomic mass is 32.1. The molecule has 0 aliphatic carbocycles. The molecule has 156 valence electrons. The monoisotopic (exact) mass is 428 g/mol. The summed E-state index contributed by atoms with van der Waals surface area (Å²) in [5.74, 6) is 0.499. The second kappa shape index (κ2) is 10.3. The van der Waals surface area contributed by atoms with E-state index in [9.17, 15) is 9.59 Å². The van der Waals surface area contributed by atoms with E-state index in [0.29, 0.717) is 16.6 Å². The van der Waals surface area contributed by atoms with E-state index in [4.69, 9.17) is 18.9 Å². The first kappa shape index (κ1) is 21.1. The van der Waals surface area contributed by atoms with Gasteiger partial charge in [0.15, 0.2) is 29.8 Å². The summed E-state index contributed by atoms with van der Waals surface area (Å²) in [6, 6.07) is 14.3. The fourth-order valence-electron chi connectivity index (χ4n) is 2.44. The van der Waals surface area contributed by atoms with Gasteiger partial charge in [-0.2, -0.15) is 0 Å². The second-order valence-electron chi connectivity index (χ2n) is 5.91. The third-order valence-corrected chi connectivity index (χ3v) is 4.67. The highest BCUT2D eigenvalue weighted by Gasteiger charge is 2.12. The zero-order valence-corrected chi connectivity index (χ0v) is 17.2. The number of rotatable bonds is 9. The minimum absolute atomic E-state index is 0.341. The smallest absolute Gasteiger partial charge is 0.344 e. The maximum Gasteiger partial charge on any atom is 0.344 e. The average Bonchev–Trinajstić information content (AvgIpc) is 3.24. The van der Waals surface area contributed by atoms with Gasteiger partial charge in [0.05, 0.1) is 19.9 Å². The maximum absolute atomic E-state index is 12.0. The lowest BCUT2D eigenvalue weighted by Crippen LogP contribution is -2.23.